The number of benzene rings is 3. The van der Waals surface area contributed by atoms with E-state index in [1.54, 1.807) is 55.8 Å². The molecular weight excluding hydrogens is 1570 g/mol. The van der Waals surface area contributed by atoms with Crippen molar-refractivity contribution in [1.82, 2.24) is 88.6 Å². The van der Waals surface area contributed by atoms with E-state index < -0.39 is 11.9 Å². The van der Waals surface area contributed by atoms with Gasteiger partial charge >= 0.3 is 17.9 Å². The maximum absolute atomic E-state index is 12.8. The van der Waals surface area contributed by atoms with Gasteiger partial charge in [-0.25, -0.2) is 29.9 Å². The molecule has 0 saturated heterocycles. The summed E-state index contributed by atoms with van der Waals surface area (Å²) in [6.07, 6.45) is 39.3. The second-order valence-electron chi connectivity index (χ2n) is 35.7. The fourth-order valence-corrected chi connectivity index (χ4v) is 15.9. The molecule has 0 atom stereocenters. The molecule has 3 aliphatic rings. The first-order valence-corrected chi connectivity index (χ1v) is 42.7. The van der Waals surface area contributed by atoms with Crippen molar-refractivity contribution in [1.29, 1.82) is 0 Å². The lowest BCUT2D eigenvalue weighted by Gasteiger charge is -2.26. The van der Waals surface area contributed by atoms with Crippen molar-refractivity contribution >= 4 is 70.2 Å². The van der Waals surface area contributed by atoms with Crippen LogP contribution in [0.3, 0.4) is 0 Å². The number of esters is 1. The number of anilines is 6. The Labute approximate surface area is 722 Å². The van der Waals surface area contributed by atoms with Gasteiger partial charge in [0.2, 0.25) is 17.8 Å². The molecule has 124 heavy (non-hydrogen) atoms. The Hall–Kier alpha value is -13.0. The van der Waals surface area contributed by atoms with Crippen LogP contribution in [-0.2, 0) is 55.0 Å². The number of carboxylic acid groups (broad SMARTS) is 2. The van der Waals surface area contributed by atoms with Gasteiger partial charge in [-0.05, 0) is 249 Å². The van der Waals surface area contributed by atoms with E-state index in [-0.39, 0.29) is 75.8 Å². The van der Waals surface area contributed by atoms with Gasteiger partial charge in [0.25, 0.3) is 0 Å². The molecule has 12 aromatic rings. The van der Waals surface area contributed by atoms with Crippen molar-refractivity contribution in [3.05, 3.63) is 216 Å². The van der Waals surface area contributed by atoms with Crippen LogP contribution in [0.1, 0.15) is 241 Å². The Kier molecular flexibility index (Phi) is 27.9. The summed E-state index contributed by atoms with van der Waals surface area (Å²) < 4.78 is 16.2. The van der Waals surface area contributed by atoms with Crippen molar-refractivity contribution in [2.75, 3.05) is 23.1 Å². The van der Waals surface area contributed by atoms with Gasteiger partial charge in [0, 0.05) is 91.7 Å². The van der Waals surface area contributed by atoms with Gasteiger partial charge in [-0.3, -0.25) is 56.9 Å². The third kappa shape index (κ3) is 23.0. The summed E-state index contributed by atoms with van der Waals surface area (Å²) in [5.74, 6) is -0.331. The van der Waals surface area contributed by atoms with Crippen LogP contribution in [0.15, 0.2) is 166 Å². The molecule has 3 aliphatic carbocycles. The number of Topliss-reactive ketones (excluding diaryl/α,β-unsaturated/α-hetero) is 3. The van der Waals surface area contributed by atoms with Gasteiger partial charge in [-0.1, -0.05) is 36.4 Å². The first-order chi connectivity index (χ1) is 59.2. The quantitative estimate of drug-likeness (QED) is 0.0236. The lowest BCUT2D eigenvalue weighted by atomic mass is 9.86. The third-order valence-electron chi connectivity index (χ3n) is 23.5. The zero-order valence-corrected chi connectivity index (χ0v) is 73.1. The first kappa shape index (κ1) is 88.8. The highest BCUT2D eigenvalue weighted by Crippen LogP contribution is 2.38. The van der Waals surface area contributed by atoms with Crippen LogP contribution in [0.4, 0.5) is 34.9 Å². The number of aromatic nitrogens is 18. The fourth-order valence-electron chi connectivity index (χ4n) is 15.9. The van der Waals surface area contributed by atoms with Crippen LogP contribution in [0, 0.1) is 38.5 Å². The number of carbonyl (C=O) groups excluding carboxylic acids is 4. The third-order valence-corrected chi connectivity index (χ3v) is 23.5. The van der Waals surface area contributed by atoms with Crippen LogP contribution in [0.25, 0.3) is 33.8 Å². The zero-order chi connectivity index (χ0) is 88.2. The van der Waals surface area contributed by atoms with Crippen molar-refractivity contribution in [2.24, 2.45) is 17.8 Å². The average Bonchev–Trinajstić information content (AvgIpc) is 1.21. The SMILES string of the molecule is COC(=O)C1CCC(n2cc(Nc3nccc(-c4ccc(CCC(=O)c5cnn(C(C)(C)C)c5)c(C)c4)n3)cn2)CC1.Cc1cc(-c2ccnc(Nc3cnn(C4CCC(C(=O)O)CC4)c3)n2)ccc1CCC(=O)c1cnn(C(C)(C)C)c1.Cc1cc(-c2ccnc(Nc3cnn(C4CCC(C(=O)O)CC4)c3)n2)ccc1CCC(=O)c1cnn(C(C)(C)C)c1. The van der Waals surface area contributed by atoms with Crippen molar-refractivity contribution in [3.8, 4) is 33.8 Å². The van der Waals surface area contributed by atoms with E-state index in [0.717, 1.165) is 136 Å². The number of carbonyl (C=O) groups is 6. The van der Waals surface area contributed by atoms with Gasteiger partial charge in [-0.15, -0.1) is 0 Å². The van der Waals surface area contributed by atoms with Crippen LogP contribution in [0.2, 0.25) is 0 Å². The number of nitrogens with one attached hydrogen (secondary N) is 3. The molecule has 0 spiro atoms. The van der Waals surface area contributed by atoms with Crippen molar-refractivity contribution in [2.45, 2.75) is 233 Å². The molecule has 9 aromatic heterocycles. The number of aliphatic carboxylic acids is 2. The summed E-state index contributed by atoms with van der Waals surface area (Å²) >= 11 is 0. The van der Waals surface area contributed by atoms with Gasteiger partial charge < -0.3 is 30.9 Å². The van der Waals surface area contributed by atoms with E-state index in [1.807, 2.05) is 102 Å². The number of nitrogens with zero attached hydrogens (tertiary/aromatic N) is 18. The normalized spacial score (nSPS) is 17.3. The number of aryl methyl sites for hydroxylation is 6. The Bertz CT molecular complexity index is 5510. The summed E-state index contributed by atoms with van der Waals surface area (Å²) in [5, 5.41) is 54.8. The van der Waals surface area contributed by atoms with Gasteiger partial charge in [0.05, 0.1) is 148 Å². The van der Waals surface area contributed by atoms with E-state index in [1.165, 1.54) is 7.11 Å². The molecule has 3 fully saturated rings. The molecule has 0 radical (unpaired) electrons. The predicted octanol–water partition coefficient (Wildman–Crippen LogP) is 18.0. The van der Waals surface area contributed by atoms with E-state index in [2.05, 4.69) is 181 Å². The molecule has 30 nitrogen and oxygen atoms in total. The summed E-state index contributed by atoms with van der Waals surface area (Å²) in [4.78, 5) is 99.9. The molecule has 3 aromatic carbocycles. The highest BCUT2D eigenvalue weighted by atomic mass is 16.5. The van der Waals surface area contributed by atoms with Crippen LogP contribution >= 0.6 is 0 Å². The minimum absolute atomic E-state index is 0.0137. The Morgan fingerprint density at radius 2 is 0.661 bits per heavy atom. The molecule has 9 heterocycles. The van der Waals surface area contributed by atoms with E-state index >= 15 is 0 Å². The van der Waals surface area contributed by atoms with Crippen LogP contribution in [0.5, 0.6) is 0 Å². The lowest BCUT2D eigenvalue weighted by Crippen LogP contribution is -2.24. The Balaban J connectivity index is 0.000000160. The van der Waals surface area contributed by atoms with Gasteiger partial charge in [-0.2, -0.15) is 30.6 Å². The molecule has 15 rings (SSSR count). The topological polar surface area (TPSA) is 372 Å². The molecule has 0 bridgehead atoms. The molecule has 0 aliphatic heterocycles. The van der Waals surface area contributed by atoms with E-state index in [9.17, 15) is 39.0 Å². The standard InChI is InChI=1S/C32H39N7O3.2C31H37N7O3/c1-21-16-24(7-6-22(21)10-13-29(40)25-17-35-39(19-25)32(2,3)4)28-14-15-33-31(37-28)36-26-18-34-38(20-26)27-11-8-23(9-12-27)30(41)42-5;2*1-20-15-23(6-5-21(20)9-12-28(39)24-16-34-38(18-24)31(2,3)4)27-13-14-32-30(36-27)35-25-17-33-37(19-25)26-10-7-22(8-11-26)29(40)41/h6-7,14-20,23,27H,8-13H2,1-5H3,(H,33,36,37);2*5-6,13-19,22,26H,7-12H2,1-4H3,(H,40,41)(H,32,35,36). The van der Waals surface area contributed by atoms with Gasteiger partial charge in [0.1, 0.15) is 0 Å². The summed E-state index contributed by atoms with van der Waals surface area (Å²) in [6, 6.07) is 24.9. The molecule has 30 heteroatoms. The molecule has 0 amide bonds. The van der Waals surface area contributed by atoms with E-state index in [4.69, 9.17) is 19.7 Å². The monoisotopic (exact) mass is 1680 g/mol. The number of hydrogen-bond donors (Lipinski definition) is 5. The molecule has 3 saturated carbocycles. The average molecular weight is 1680 g/mol. The number of rotatable bonds is 27. The highest BCUT2D eigenvalue weighted by molar-refractivity contribution is 5.97. The largest absolute Gasteiger partial charge is 0.481 e. The second kappa shape index (κ2) is 39.0. The number of ketones is 3. The molecule has 648 valence electrons. The molecular formula is C94H113N21O9. The maximum Gasteiger partial charge on any atom is 0.308 e. The summed E-state index contributed by atoms with van der Waals surface area (Å²) in [7, 11) is 1.45. The minimum atomic E-state index is -0.705. The molecule has 0 unspecified atom stereocenters. The highest BCUT2D eigenvalue weighted by Gasteiger charge is 2.32. The number of methoxy groups -OCH3 is 1. The number of ether oxygens (including phenoxy) is 1. The zero-order valence-electron chi connectivity index (χ0n) is 73.1. The van der Waals surface area contributed by atoms with Crippen LogP contribution < -0.4 is 16.0 Å². The minimum Gasteiger partial charge on any atom is -0.481 e. The predicted molar refractivity (Wildman–Crippen MR) is 473 cm³/mol. The summed E-state index contributed by atoms with van der Waals surface area (Å²) in [6.45, 7) is 24.7. The first-order valence-electron chi connectivity index (χ1n) is 42.7. The van der Waals surface area contributed by atoms with Gasteiger partial charge in [0.15, 0.2) is 17.3 Å². The van der Waals surface area contributed by atoms with Crippen molar-refractivity contribution < 1.29 is 43.7 Å². The van der Waals surface area contributed by atoms with Crippen molar-refractivity contribution in [3.63, 3.8) is 0 Å². The maximum atomic E-state index is 12.8. The Morgan fingerprint density at radius 1 is 0.379 bits per heavy atom. The number of carboxylic acids is 2. The number of hydrogen-bond acceptors (Lipinski definition) is 22. The smallest absolute Gasteiger partial charge is 0.308 e. The van der Waals surface area contributed by atoms with Crippen LogP contribution in [-0.4, -0.2) is 141 Å². The summed E-state index contributed by atoms with van der Waals surface area (Å²) in [5.41, 5.74) is 15.9. The second-order valence-corrected chi connectivity index (χ2v) is 35.7. The Morgan fingerprint density at radius 3 is 0.911 bits per heavy atom. The molecule has 5 N–H and O–H groups in total. The fraction of sp³-hybridized carbons (Fsp3) is 0.426. The lowest BCUT2D eigenvalue weighted by molar-refractivity contribution is -0.147. The van der Waals surface area contributed by atoms with E-state index in [0.29, 0.717) is 98.7 Å².